The average molecular weight is 401 g/mol. The number of amides is 1. The van der Waals surface area contributed by atoms with Crippen molar-refractivity contribution in [2.45, 2.75) is 20.3 Å². The number of ether oxygens (including phenoxy) is 2. The minimum atomic E-state index is -0.166. The first-order valence-corrected chi connectivity index (χ1v) is 9.94. The molecule has 0 saturated carbocycles. The molecular weight excluding hydrogens is 380 g/mol. The summed E-state index contributed by atoms with van der Waals surface area (Å²) in [6, 6.07) is 9.25. The Labute approximate surface area is 168 Å². The summed E-state index contributed by atoms with van der Waals surface area (Å²) in [4.78, 5) is 19.0. The quantitative estimate of drug-likeness (QED) is 0.497. The number of thiocarbonyl (C=S) groups is 1. The zero-order valence-corrected chi connectivity index (χ0v) is 16.8. The van der Waals surface area contributed by atoms with Crippen molar-refractivity contribution in [1.82, 2.24) is 4.98 Å². The van der Waals surface area contributed by atoms with Crippen LogP contribution in [0.25, 0.3) is 6.08 Å². The number of hydrogen-bond acceptors (Lipinski definition) is 6. The van der Waals surface area contributed by atoms with Crippen LogP contribution >= 0.6 is 24.0 Å². The van der Waals surface area contributed by atoms with Gasteiger partial charge in [-0.1, -0.05) is 43.0 Å². The van der Waals surface area contributed by atoms with Gasteiger partial charge in [0.25, 0.3) is 5.91 Å². The van der Waals surface area contributed by atoms with E-state index >= 15 is 0 Å². The molecule has 1 aromatic carbocycles. The molecule has 0 N–H and O–H groups in total. The van der Waals surface area contributed by atoms with E-state index < -0.39 is 0 Å². The van der Waals surface area contributed by atoms with Crippen molar-refractivity contribution in [1.29, 1.82) is 0 Å². The van der Waals surface area contributed by atoms with Crippen LogP contribution in [0.15, 0.2) is 47.6 Å². The van der Waals surface area contributed by atoms with Gasteiger partial charge >= 0.3 is 0 Å². The molecular formula is C20H20N2O3S2. The second kappa shape index (κ2) is 9.01. The fourth-order valence-corrected chi connectivity index (χ4v) is 3.88. The first kappa shape index (κ1) is 19.4. The molecule has 7 heteroatoms. The van der Waals surface area contributed by atoms with Gasteiger partial charge in [-0.3, -0.25) is 14.7 Å². The summed E-state index contributed by atoms with van der Waals surface area (Å²) in [5.41, 5.74) is 1.45. The molecule has 1 saturated heterocycles. The van der Waals surface area contributed by atoms with Gasteiger partial charge < -0.3 is 9.47 Å². The van der Waals surface area contributed by atoms with Gasteiger partial charge in [0.1, 0.15) is 0 Å². The summed E-state index contributed by atoms with van der Waals surface area (Å²) < 4.78 is 12.1. The molecule has 3 rings (SSSR count). The Bertz CT molecular complexity index is 869. The predicted octanol–water partition coefficient (Wildman–Crippen LogP) is 4.67. The fourth-order valence-electron chi connectivity index (χ4n) is 2.59. The molecule has 140 valence electrons. The number of rotatable bonds is 7. The van der Waals surface area contributed by atoms with Gasteiger partial charge in [-0.25, -0.2) is 0 Å². The Hall–Kier alpha value is -2.38. The van der Waals surface area contributed by atoms with Crippen LogP contribution < -0.4 is 14.4 Å². The van der Waals surface area contributed by atoms with Crippen molar-refractivity contribution in [3.8, 4) is 11.5 Å². The lowest BCUT2D eigenvalue weighted by Crippen LogP contribution is -2.27. The first-order valence-electron chi connectivity index (χ1n) is 8.72. The number of pyridine rings is 1. The van der Waals surface area contributed by atoms with E-state index in [9.17, 15) is 4.79 Å². The molecule has 0 radical (unpaired) electrons. The van der Waals surface area contributed by atoms with Crippen molar-refractivity contribution < 1.29 is 14.3 Å². The zero-order chi connectivity index (χ0) is 19.2. The van der Waals surface area contributed by atoms with Crippen LogP contribution in [-0.4, -0.2) is 28.4 Å². The number of thioether (sulfide) groups is 1. The van der Waals surface area contributed by atoms with Gasteiger partial charge in [0.15, 0.2) is 15.8 Å². The third kappa shape index (κ3) is 4.31. The van der Waals surface area contributed by atoms with Gasteiger partial charge in [0.2, 0.25) is 0 Å². The average Bonchev–Trinajstić information content (AvgIpc) is 2.95. The zero-order valence-electron chi connectivity index (χ0n) is 15.2. The van der Waals surface area contributed by atoms with Crippen molar-refractivity contribution in [2.24, 2.45) is 0 Å². The number of aromatic nitrogens is 1. The van der Waals surface area contributed by atoms with Gasteiger partial charge in [-0.15, -0.1) is 0 Å². The fraction of sp³-hybridized carbons (Fsp3) is 0.250. The highest BCUT2D eigenvalue weighted by atomic mass is 32.2. The largest absolute Gasteiger partial charge is 0.490 e. The molecule has 1 aliphatic rings. The number of anilines is 1. The number of para-hydroxylation sites is 1. The molecule has 1 amide bonds. The Morgan fingerprint density at radius 2 is 2.07 bits per heavy atom. The summed E-state index contributed by atoms with van der Waals surface area (Å²) in [7, 11) is 0. The molecule has 0 aliphatic carbocycles. The number of carbonyl (C=O) groups excluding carboxylic acids is 1. The Morgan fingerprint density at radius 1 is 1.22 bits per heavy atom. The van der Waals surface area contributed by atoms with Gasteiger partial charge in [0, 0.05) is 11.8 Å². The highest BCUT2D eigenvalue weighted by Gasteiger charge is 2.33. The Morgan fingerprint density at radius 3 is 2.78 bits per heavy atom. The van der Waals surface area contributed by atoms with E-state index in [-0.39, 0.29) is 5.91 Å². The van der Waals surface area contributed by atoms with E-state index in [1.807, 2.05) is 44.2 Å². The summed E-state index contributed by atoms with van der Waals surface area (Å²) in [6.45, 7) is 5.08. The number of carbonyl (C=O) groups is 1. The molecule has 0 unspecified atom stereocenters. The highest BCUT2D eigenvalue weighted by molar-refractivity contribution is 8.27. The normalized spacial score (nSPS) is 15.5. The van der Waals surface area contributed by atoms with E-state index in [0.717, 1.165) is 12.0 Å². The minimum Gasteiger partial charge on any atom is -0.490 e. The van der Waals surface area contributed by atoms with Crippen LogP contribution in [0.2, 0.25) is 0 Å². The Balaban J connectivity index is 1.96. The van der Waals surface area contributed by atoms with Crippen molar-refractivity contribution in [2.75, 3.05) is 18.1 Å². The second-order valence-electron chi connectivity index (χ2n) is 5.68. The standard InChI is InChI=1S/C20H20N2O3S2/c1-3-11-25-18-14(7-5-9-16(18)24-4-2)12-17-19(23)22(20(26)27-17)15-8-6-10-21-13-15/h5-10,12-13H,3-4,11H2,1-2H3/b17-12-. The van der Waals surface area contributed by atoms with E-state index in [1.165, 1.54) is 16.7 Å². The first-order chi connectivity index (χ1) is 13.2. The van der Waals surface area contributed by atoms with Crippen molar-refractivity contribution in [3.63, 3.8) is 0 Å². The van der Waals surface area contributed by atoms with E-state index in [4.69, 9.17) is 21.7 Å². The second-order valence-corrected chi connectivity index (χ2v) is 7.36. The minimum absolute atomic E-state index is 0.166. The summed E-state index contributed by atoms with van der Waals surface area (Å²) >= 11 is 6.67. The summed E-state index contributed by atoms with van der Waals surface area (Å²) in [6.07, 6.45) is 5.97. The lowest BCUT2D eigenvalue weighted by Gasteiger charge is -2.14. The van der Waals surface area contributed by atoms with Crippen molar-refractivity contribution in [3.05, 3.63) is 53.2 Å². The van der Waals surface area contributed by atoms with Gasteiger partial charge in [-0.05, 0) is 37.6 Å². The third-order valence-electron chi connectivity index (χ3n) is 3.74. The van der Waals surface area contributed by atoms with Gasteiger partial charge in [-0.2, -0.15) is 0 Å². The maximum absolute atomic E-state index is 12.9. The highest BCUT2D eigenvalue weighted by Crippen LogP contribution is 2.39. The van der Waals surface area contributed by atoms with Gasteiger partial charge in [0.05, 0.1) is 30.0 Å². The summed E-state index contributed by atoms with van der Waals surface area (Å²) in [5.74, 6) is 1.15. The third-order valence-corrected chi connectivity index (χ3v) is 5.05. The molecule has 0 bridgehead atoms. The van der Waals surface area contributed by atoms with E-state index in [1.54, 1.807) is 18.5 Å². The van der Waals surface area contributed by atoms with Crippen LogP contribution in [0, 0.1) is 0 Å². The monoisotopic (exact) mass is 400 g/mol. The molecule has 1 fully saturated rings. The number of hydrogen-bond donors (Lipinski definition) is 0. The van der Waals surface area contributed by atoms with Crippen LogP contribution in [-0.2, 0) is 4.79 Å². The molecule has 0 spiro atoms. The maximum Gasteiger partial charge on any atom is 0.270 e. The number of nitrogens with zero attached hydrogens (tertiary/aromatic N) is 2. The molecule has 0 atom stereocenters. The van der Waals surface area contributed by atoms with Crippen LogP contribution in [0.4, 0.5) is 5.69 Å². The lowest BCUT2D eigenvalue weighted by molar-refractivity contribution is -0.113. The topological polar surface area (TPSA) is 51.7 Å². The Kier molecular flexibility index (Phi) is 6.47. The van der Waals surface area contributed by atoms with Crippen LogP contribution in [0.5, 0.6) is 11.5 Å². The van der Waals surface area contributed by atoms with Crippen LogP contribution in [0.1, 0.15) is 25.8 Å². The molecule has 1 aromatic heterocycles. The molecule has 2 aromatic rings. The molecule has 2 heterocycles. The predicted molar refractivity (Wildman–Crippen MR) is 113 cm³/mol. The summed E-state index contributed by atoms with van der Waals surface area (Å²) in [5, 5.41) is 0. The maximum atomic E-state index is 12.9. The molecule has 1 aliphatic heterocycles. The molecule has 27 heavy (non-hydrogen) atoms. The van der Waals surface area contributed by atoms with E-state index in [0.29, 0.717) is 39.6 Å². The number of benzene rings is 1. The smallest absolute Gasteiger partial charge is 0.270 e. The van der Waals surface area contributed by atoms with Crippen molar-refractivity contribution >= 4 is 46.0 Å². The lowest BCUT2D eigenvalue weighted by atomic mass is 10.1. The van der Waals surface area contributed by atoms with Crippen LogP contribution in [0.3, 0.4) is 0 Å². The molecule has 5 nitrogen and oxygen atoms in total. The SMILES string of the molecule is CCCOc1c(/C=C2\SC(=S)N(c3cccnc3)C2=O)cccc1OCC. The van der Waals surface area contributed by atoms with E-state index in [2.05, 4.69) is 4.98 Å².